The molecule has 1 aromatic heterocycles. The van der Waals surface area contributed by atoms with Crippen LogP contribution < -0.4 is 0 Å². The maximum absolute atomic E-state index is 5.15. The highest BCUT2D eigenvalue weighted by Crippen LogP contribution is 2.43. The van der Waals surface area contributed by atoms with Crippen molar-refractivity contribution in [2.24, 2.45) is 0 Å². The van der Waals surface area contributed by atoms with Gasteiger partial charge in [-0.3, -0.25) is 0 Å². The van der Waals surface area contributed by atoms with Gasteiger partial charge in [-0.25, -0.2) is 15.0 Å². The SMILES string of the molecule is c1ccc2cc(-c3nc(-c4ccc(-c5cc6c7ccccc7c7ccccc7c6c6ccccc56)cc4)nc(-c4cccc5ccccc45)n3)ccc2c1. The van der Waals surface area contributed by atoms with E-state index in [-0.39, 0.29) is 0 Å². The predicted octanol–water partition coefficient (Wildman–Crippen LogP) is 13.5. The van der Waals surface area contributed by atoms with Gasteiger partial charge >= 0.3 is 0 Å². The van der Waals surface area contributed by atoms with E-state index in [0.717, 1.165) is 38.4 Å². The van der Waals surface area contributed by atoms with E-state index in [9.17, 15) is 0 Å². The third-order valence-corrected chi connectivity index (χ3v) is 10.9. The molecule has 54 heavy (non-hydrogen) atoms. The zero-order valence-corrected chi connectivity index (χ0v) is 29.2. The molecular formula is C51H31N3. The zero-order chi connectivity index (χ0) is 35.6. The minimum atomic E-state index is 0.642. The molecule has 1 heterocycles. The van der Waals surface area contributed by atoms with Crippen LogP contribution in [0.4, 0.5) is 0 Å². The summed E-state index contributed by atoms with van der Waals surface area (Å²) in [6.45, 7) is 0. The van der Waals surface area contributed by atoms with Crippen molar-refractivity contribution >= 4 is 64.6 Å². The molecular weight excluding hydrogens is 655 g/mol. The Balaban J connectivity index is 1.10. The second-order valence-electron chi connectivity index (χ2n) is 14.0. The molecule has 250 valence electrons. The van der Waals surface area contributed by atoms with E-state index in [4.69, 9.17) is 15.0 Å². The number of hydrogen-bond acceptors (Lipinski definition) is 3. The lowest BCUT2D eigenvalue weighted by Crippen LogP contribution is -2.00. The van der Waals surface area contributed by atoms with Crippen LogP contribution in [0.25, 0.3) is 110 Å². The molecule has 0 aliphatic carbocycles. The maximum atomic E-state index is 5.15. The molecule has 3 heteroatoms. The Hall–Kier alpha value is -7.23. The van der Waals surface area contributed by atoms with E-state index in [0.29, 0.717) is 17.5 Å². The van der Waals surface area contributed by atoms with Crippen LogP contribution in [-0.4, -0.2) is 15.0 Å². The summed E-state index contributed by atoms with van der Waals surface area (Å²) in [4.78, 5) is 15.4. The predicted molar refractivity (Wildman–Crippen MR) is 227 cm³/mol. The average molecular weight is 686 g/mol. The number of aromatic nitrogens is 3. The van der Waals surface area contributed by atoms with Crippen LogP contribution in [0.15, 0.2) is 188 Å². The minimum absolute atomic E-state index is 0.642. The lowest BCUT2D eigenvalue weighted by molar-refractivity contribution is 1.08. The van der Waals surface area contributed by atoms with Gasteiger partial charge in [0, 0.05) is 16.7 Å². The number of benzene rings is 10. The van der Waals surface area contributed by atoms with Gasteiger partial charge in [0.15, 0.2) is 17.5 Å². The first-order valence-corrected chi connectivity index (χ1v) is 18.4. The monoisotopic (exact) mass is 685 g/mol. The average Bonchev–Trinajstić information content (AvgIpc) is 3.25. The molecule has 0 spiro atoms. The summed E-state index contributed by atoms with van der Waals surface area (Å²) in [5, 5.41) is 14.7. The van der Waals surface area contributed by atoms with Crippen molar-refractivity contribution in [1.82, 2.24) is 15.0 Å². The molecule has 0 amide bonds. The molecule has 0 saturated heterocycles. The number of hydrogen-bond donors (Lipinski definition) is 0. The number of fused-ring (bicyclic) bond motifs is 10. The Labute approximate surface area is 311 Å². The first-order valence-electron chi connectivity index (χ1n) is 18.4. The third kappa shape index (κ3) is 4.87. The van der Waals surface area contributed by atoms with Crippen LogP contribution >= 0.6 is 0 Å². The van der Waals surface area contributed by atoms with Gasteiger partial charge in [-0.1, -0.05) is 176 Å². The molecule has 0 atom stereocenters. The highest BCUT2D eigenvalue weighted by molar-refractivity contribution is 6.33. The minimum Gasteiger partial charge on any atom is -0.208 e. The molecule has 0 fully saturated rings. The fourth-order valence-corrected chi connectivity index (χ4v) is 8.31. The molecule has 11 aromatic rings. The second-order valence-corrected chi connectivity index (χ2v) is 14.0. The topological polar surface area (TPSA) is 38.7 Å². The fraction of sp³-hybridized carbons (Fsp3) is 0. The van der Waals surface area contributed by atoms with E-state index in [1.807, 2.05) is 0 Å². The van der Waals surface area contributed by atoms with Crippen LogP contribution in [0, 0.1) is 0 Å². The van der Waals surface area contributed by atoms with Crippen molar-refractivity contribution in [2.45, 2.75) is 0 Å². The van der Waals surface area contributed by atoms with Crippen molar-refractivity contribution in [3.8, 4) is 45.3 Å². The van der Waals surface area contributed by atoms with Crippen LogP contribution in [-0.2, 0) is 0 Å². The number of nitrogens with zero attached hydrogens (tertiary/aromatic N) is 3. The van der Waals surface area contributed by atoms with Crippen molar-refractivity contribution in [2.75, 3.05) is 0 Å². The summed E-state index contributed by atoms with van der Waals surface area (Å²) >= 11 is 0. The summed E-state index contributed by atoms with van der Waals surface area (Å²) in [5.41, 5.74) is 5.23. The molecule has 0 radical (unpaired) electrons. The maximum Gasteiger partial charge on any atom is 0.164 e. The molecule has 0 bridgehead atoms. The van der Waals surface area contributed by atoms with Gasteiger partial charge in [0.2, 0.25) is 0 Å². The van der Waals surface area contributed by atoms with Gasteiger partial charge in [0.05, 0.1) is 0 Å². The summed E-state index contributed by atoms with van der Waals surface area (Å²) in [7, 11) is 0. The molecule has 0 aliphatic heterocycles. The molecule has 0 saturated carbocycles. The van der Waals surface area contributed by atoms with Crippen LogP contribution in [0.1, 0.15) is 0 Å². The molecule has 0 unspecified atom stereocenters. The highest BCUT2D eigenvalue weighted by atomic mass is 15.0. The first kappa shape index (κ1) is 30.4. The quantitative estimate of drug-likeness (QED) is 0.173. The van der Waals surface area contributed by atoms with Gasteiger partial charge in [-0.05, 0) is 87.9 Å². The largest absolute Gasteiger partial charge is 0.208 e. The smallest absolute Gasteiger partial charge is 0.164 e. The summed E-state index contributed by atoms with van der Waals surface area (Å²) in [6, 6.07) is 67.0. The van der Waals surface area contributed by atoms with Gasteiger partial charge in [0.1, 0.15) is 0 Å². The Morgan fingerprint density at radius 1 is 0.241 bits per heavy atom. The fourth-order valence-electron chi connectivity index (χ4n) is 8.31. The summed E-state index contributed by atoms with van der Waals surface area (Å²) in [6.07, 6.45) is 0. The highest BCUT2D eigenvalue weighted by Gasteiger charge is 2.17. The molecule has 0 N–H and O–H groups in total. The zero-order valence-electron chi connectivity index (χ0n) is 29.2. The normalized spacial score (nSPS) is 11.7. The Bertz CT molecular complexity index is 3270. The van der Waals surface area contributed by atoms with Crippen molar-refractivity contribution in [1.29, 1.82) is 0 Å². The first-order chi connectivity index (χ1) is 26.8. The standard InChI is InChI=1S/C51H31N3/c1-2-14-36-30-37(29-24-32(36)12-1)50-52-49(53-51(54-50)45-23-11-15-33-13-3-4-16-38(33)45)35-27-25-34(26-28-35)46-31-47-41-19-6-5-17-39(41)40-18-7-9-21-43(40)48(47)44-22-10-8-20-42(44)46/h1-31H. The van der Waals surface area contributed by atoms with Gasteiger partial charge < -0.3 is 0 Å². The van der Waals surface area contributed by atoms with Crippen LogP contribution in [0.3, 0.4) is 0 Å². The van der Waals surface area contributed by atoms with E-state index >= 15 is 0 Å². The van der Waals surface area contributed by atoms with Crippen molar-refractivity contribution < 1.29 is 0 Å². The lowest BCUT2D eigenvalue weighted by Gasteiger charge is -2.16. The van der Waals surface area contributed by atoms with Crippen LogP contribution in [0.5, 0.6) is 0 Å². The van der Waals surface area contributed by atoms with E-state index in [1.54, 1.807) is 0 Å². The molecule has 10 aromatic carbocycles. The van der Waals surface area contributed by atoms with E-state index in [2.05, 4.69) is 188 Å². The number of rotatable bonds is 4. The summed E-state index contributed by atoms with van der Waals surface area (Å²) in [5.74, 6) is 1.95. The Kier molecular flexibility index (Phi) is 6.86. The van der Waals surface area contributed by atoms with Crippen LogP contribution in [0.2, 0.25) is 0 Å². The van der Waals surface area contributed by atoms with Crippen molar-refractivity contribution in [3.05, 3.63) is 188 Å². The van der Waals surface area contributed by atoms with Crippen molar-refractivity contribution in [3.63, 3.8) is 0 Å². The Morgan fingerprint density at radius 2 is 0.722 bits per heavy atom. The van der Waals surface area contributed by atoms with Gasteiger partial charge in [-0.2, -0.15) is 0 Å². The lowest BCUT2D eigenvalue weighted by atomic mass is 9.87. The molecule has 0 aliphatic rings. The third-order valence-electron chi connectivity index (χ3n) is 10.9. The summed E-state index contributed by atoms with van der Waals surface area (Å²) < 4.78 is 0. The molecule has 11 rings (SSSR count). The Morgan fingerprint density at radius 3 is 1.46 bits per heavy atom. The van der Waals surface area contributed by atoms with E-state index < -0.39 is 0 Å². The van der Waals surface area contributed by atoms with E-state index in [1.165, 1.54) is 54.0 Å². The van der Waals surface area contributed by atoms with Gasteiger partial charge in [0.25, 0.3) is 0 Å². The second kappa shape index (κ2) is 12.2. The molecule has 3 nitrogen and oxygen atoms in total. The van der Waals surface area contributed by atoms with Gasteiger partial charge in [-0.15, -0.1) is 0 Å².